The van der Waals surface area contributed by atoms with Gasteiger partial charge in [-0.25, -0.2) is 23.8 Å². The first-order chi connectivity index (χ1) is 12.1. The van der Waals surface area contributed by atoms with E-state index in [4.69, 9.17) is 24.8 Å². The van der Waals surface area contributed by atoms with E-state index < -0.39 is 39.6 Å². The van der Waals surface area contributed by atoms with Crippen LogP contribution in [-0.4, -0.2) is 58.1 Å². The molecule has 6 N–H and O–H groups in total. The van der Waals surface area contributed by atoms with Gasteiger partial charge in [-0.15, -0.1) is 0 Å². The van der Waals surface area contributed by atoms with E-state index in [1.54, 1.807) is 4.57 Å². The SMILES string of the molecule is Nc1ncnc2c1ncn2[C@H]1C[C@H](O)[C@@H](COP(O)(=S)OP(=O)(O)O)O1. The number of nitrogens with two attached hydrogens (primary N) is 1. The highest BCUT2D eigenvalue weighted by atomic mass is 32.5. The van der Waals surface area contributed by atoms with Crippen molar-refractivity contribution in [3.05, 3.63) is 12.7 Å². The molecule has 16 heteroatoms. The summed E-state index contributed by atoms with van der Waals surface area (Å²) < 4.78 is 26.8. The molecule has 3 rings (SSSR count). The van der Waals surface area contributed by atoms with E-state index in [0.717, 1.165) is 0 Å². The van der Waals surface area contributed by atoms with Crippen LogP contribution in [0.4, 0.5) is 5.82 Å². The minimum Gasteiger partial charge on any atom is -0.390 e. The Morgan fingerprint density at radius 1 is 1.38 bits per heavy atom. The van der Waals surface area contributed by atoms with Crippen LogP contribution in [0, 0.1) is 0 Å². The number of aliphatic hydroxyl groups excluding tert-OH is 1. The van der Waals surface area contributed by atoms with Gasteiger partial charge in [0.1, 0.15) is 24.2 Å². The van der Waals surface area contributed by atoms with E-state index in [2.05, 4.69) is 31.1 Å². The van der Waals surface area contributed by atoms with Crippen LogP contribution in [0.1, 0.15) is 12.6 Å². The molecule has 4 atom stereocenters. The fourth-order valence-electron chi connectivity index (χ4n) is 2.44. The fraction of sp³-hybridized carbons (Fsp3) is 0.500. The molecule has 3 heterocycles. The van der Waals surface area contributed by atoms with Gasteiger partial charge in [-0.05, 0) is 11.8 Å². The molecule has 1 unspecified atom stereocenters. The predicted octanol–water partition coefficient (Wildman–Crippen LogP) is -0.600. The number of imidazole rings is 1. The van der Waals surface area contributed by atoms with E-state index in [1.165, 1.54) is 12.7 Å². The van der Waals surface area contributed by atoms with Crippen molar-refractivity contribution in [1.82, 2.24) is 19.5 Å². The summed E-state index contributed by atoms with van der Waals surface area (Å²) in [6.45, 7) is -4.63. The topological polar surface area (TPSA) is 195 Å². The van der Waals surface area contributed by atoms with Crippen molar-refractivity contribution in [2.24, 2.45) is 0 Å². The van der Waals surface area contributed by atoms with Gasteiger partial charge in [-0.2, -0.15) is 0 Å². The maximum Gasteiger partial charge on any atom is 0.476 e. The average molecular weight is 427 g/mol. The van der Waals surface area contributed by atoms with Crippen molar-refractivity contribution in [2.45, 2.75) is 24.9 Å². The first kappa shape index (κ1) is 19.7. The molecule has 0 radical (unpaired) electrons. The van der Waals surface area contributed by atoms with Crippen molar-refractivity contribution in [1.29, 1.82) is 0 Å². The first-order valence-electron chi connectivity index (χ1n) is 7.06. The number of rotatable bonds is 6. The zero-order valence-electron chi connectivity index (χ0n) is 12.9. The smallest absolute Gasteiger partial charge is 0.390 e. The first-order valence-corrected chi connectivity index (χ1v) is 11.2. The third kappa shape index (κ3) is 4.43. The number of hydrogen-bond donors (Lipinski definition) is 5. The lowest BCUT2D eigenvalue weighted by Gasteiger charge is -2.20. The molecule has 0 spiro atoms. The van der Waals surface area contributed by atoms with E-state index in [0.29, 0.717) is 11.2 Å². The Morgan fingerprint density at radius 2 is 2.12 bits per heavy atom. The number of nitrogens with zero attached hydrogens (tertiary/aromatic N) is 4. The van der Waals surface area contributed by atoms with Crippen LogP contribution in [0.5, 0.6) is 0 Å². The van der Waals surface area contributed by atoms with E-state index in [9.17, 15) is 14.6 Å². The minimum atomic E-state index is -5.02. The molecule has 13 nitrogen and oxygen atoms in total. The van der Waals surface area contributed by atoms with Crippen LogP contribution in [0.3, 0.4) is 0 Å². The Balaban J connectivity index is 1.69. The summed E-state index contributed by atoms with van der Waals surface area (Å²) in [5, 5.41) is 10.1. The summed E-state index contributed by atoms with van der Waals surface area (Å²) in [6, 6.07) is 0. The van der Waals surface area contributed by atoms with E-state index >= 15 is 0 Å². The standard InChI is InChI=1S/C10H15N5O8P2S/c11-9-8-10(13-3-12-9)15(4-14-8)7-1-5(16)6(22-7)2-21-25(20,26)23-24(17,18)19/h3-7,16H,1-2H2,(H,20,26)(H2,11,12,13)(H2,17,18,19)/t5-,6+,7+,25?/m0/s1. The van der Waals surface area contributed by atoms with Crippen molar-refractivity contribution < 1.29 is 37.9 Å². The highest BCUT2D eigenvalue weighted by molar-refractivity contribution is 8.08. The Hall–Kier alpha value is -1.05. The molecule has 0 bridgehead atoms. The molecule has 0 saturated carbocycles. The number of nitrogen functional groups attached to an aromatic ring is 1. The quantitative estimate of drug-likeness (QED) is 0.367. The normalized spacial score (nSPS) is 26.2. The van der Waals surface area contributed by atoms with Gasteiger partial charge < -0.3 is 34.8 Å². The molecule has 0 amide bonds. The Bertz CT molecular complexity index is 905. The van der Waals surface area contributed by atoms with Gasteiger partial charge in [-0.1, -0.05) is 0 Å². The lowest BCUT2D eigenvalue weighted by molar-refractivity contribution is -0.0399. The Labute approximate surface area is 151 Å². The van der Waals surface area contributed by atoms with Crippen molar-refractivity contribution in [3.8, 4) is 0 Å². The summed E-state index contributed by atoms with van der Waals surface area (Å²) in [7, 11) is -5.02. The maximum absolute atomic E-state index is 10.7. The second kappa shape index (κ2) is 7.17. The van der Waals surface area contributed by atoms with E-state index in [-0.39, 0.29) is 12.2 Å². The van der Waals surface area contributed by atoms with Gasteiger partial charge in [0.05, 0.1) is 19.0 Å². The molecular weight excluding hydrogens is 412 g/mol. The van der Waals surface area contributed by atoms with Gasteiger partial charge >= 0.3 is 14.5 Å². The largest absolute Gasteiger partial charge is 0.476 e. The summed E-state index contributed by atoms with van der Waals surface area (Å²) >= 11 is 4.50. The van der Waals surface area contributed by atoms with Crippen molar-refractivity contribution in [3.63, 3.8) is 0 Å². The number of ether oxygens (including phenoxy) is 1. The molecule has 1 aliphatic heterocycles. The molecule has 1 aliphatic rings. The monoisotopic (exact) mass is 427 g/mol. The third-order valence-corrected chi connectivity index (χ3v) is 6.58. The van der Waals surface area contributed by atoms with Crippen LogP contribution in [0.2, 0.25) is 0 Å². The third-order valence-electron chi connectivity index (χ3n) is 3.51. The predicted molar refractivity (Wildman–Crippen MR) is 89.9 cm³/mol. The lowest BCUT2D eigenvalue weighted by Crippen LogP contribution is -2.26. The van der Waals surface area contributed by atoms with Crippen LogP contribution in [0.25, 0.3) is 11.2 Å². The van der Waals surface area contributed by atoms with Crippen molar-refractivity contribution >= 4 is 43.3 Å². The van der Waals surface area contributed by atoms with Crippen LogP contribution < -0.4 is 5.73 Å². The van der Waals surface area contributed by atoms with Gasteiger partial charge in [0.25, 0.3) is 0 Å². The molecule has 1 fully saturated rings. The second-order valence-corrected chi connectivity index (χ2v) is 9.57. The van der Waals surface area contributed by atoms with E-state index in [1.807, 2.05) is 0 Å². The minimum absolute atomic E-state index is 0.150. The number of anilines is 1. The molecule has 0 aromatic carbocycles. The second-order valence-electron chi connectivity index (χ2n) is 5.35. The van der Waals surface area contributed by atoms with Gasteiger partial charge in [0.2, 0.25) is 0 Å². The summed E-state index contributed by atoms with van der Waals surface area (Å²) in [5.41, 5.74) is 6.51. The molecule has 2 aromatic heterocycles. The Morgan fingerprint density at radius 3 is 2.81 bits per heavy atom. The van der Waals surface area contributed by atoms with Gasteiger partial charge in [0, 0.05) is 6.42 Å². The number of aromatic nitrogens is 4. The Kier molecular flexibility index (Phi) is 5.43. The molecule has 144 valence electrons. The number of aliphatic hydroxyl groups is 1. The number of fused-ring (bicyclic) bond motifs is 1. The number of hydrogen-bond acceptors (Lipinski definition) is 10. The summed E-state index contributed by atoms with van der Waals surface area (Å²) in [5.74, 6) is 0.197. The molecule has 2 aromatic rings. The number of phosphoric acid groups is 1. The maximum atomic E-state index is 10.7. The lowest BCUT2D eigenvalue weighted by atomic mass is 10.2. The van der Waals surface area contributed by atoms with Crippen LogP contribution >= 0.6 is 14.5 Å². The zero-order valence-corrected chi connectivity index (χ0v) is 15.5. The fourth-order valence-corrected chi connectivity index (χ4v) is 5.01. The zero-order chi connectivity index (χ0) is 19.1. The molecular formula is C10H15N5O8P2S. The summed E-state index contributed by atoms with van der Waals surface area (Å²) in [6.07, 6.45) is 0.273. The average Bonchev–Trinajstić information content (AvgIpc) is 3.07. The highest BCUT2D eigenvalue weighted by Crippen LogP contribution is 2.58. The highest BCUT2D eigenvalue weighted by Gasteiger charge is 2.38. The van der Waals surface area contributed by atoms with Crippen molar-refractivity contribution in [2.75, 3.05) is 12.3 Å². The molecule has 0 aliphatic carbocycles. The molecule has 26 heavy (non-hydrogen) atoms. The van der Waals surface area contributed by atoms with Gasteiger partial charge in [0.15, 0.2) is 11.5 Å². The van der Waals surface area contributed by atoms with Gasteiger partial charge in [-0.3, -0.25) is 4.57 Å². The molecule has 1 saturated heterocycles. The van der Waals surface area contributed by atoms with Crippen LogP contribution in [0.15, 0.2) is 12.7 Å². The summed E-state index contributed by atoms with van der Waals surface area (Å²) in [4.78, 5) is 39.0. The van der Waals surface area contributed by atoms with Crippen LogP contribution in [-0.2, 0) is 29.9 Å².